The number of nitrogens with zero attached hydrogens (tertiary/aromatic N) is 2. The largest absolute Gasteiger partial charge is 0.493 e. The molecule has 0 bridgehead atoms. The van der Waals surface area contributed by atoms with Crippen LogP contribution >= 0.6 is 15.9 Å². The number of carbonyl (C=O) groups is 2. The van der Waals surface area contributed by atoms with Crippen molar-refractivity contribution in [1.82, 2.24) is 9.80 Å². The molecule has 5 nitrogen and oxygen atoms in total. The second-order valence-electron chi connectivity index (χ2n) is 9.70. The smallest absolute Gasteiger partial charge is 0.227 e. The molecule has 3 aromatic rings. The van der Waals surface area contributed by atoms with Crippen molar-refractivity contribution in [3.05, 3.63) is 101 Å². The Morgan fingerprint density at radius 1 is 0.972 bits per heavy atom. The monoisotopic (exact) mass is 548 g/mol. The molecule has 1 fully saturated rings. The Balaban J connectivity index is 1.49. The third-order valence-electron chi connectivity index (χ3n) is 6.82. The molecule has 0 N–H and O–H groups in total. The van der Waals surface area contributed by atoms with E-state index in [0.717, 1.165) is 34.2 Å². The van der Waals surface area contributed by atoms with Crippen molar-refractivity contribution in [1.29, 1.82) is 0 Å². The number of amides is 2. The standard InChI is InChI=1S/C30H33BrN2O3/c1-32(21-24-11-4-2-5-12-24)29(35)20-30(23-36-26-14-6-3-7-15-26)17-10-18-33(22-30)28(34)19-25-13-8-9-16-27(25)31/h2-9,11-16H,10,17-23H2,1H3/t30-/m1/s1. The molecule has 1 atom stereocenters. The molecule has 1 heterocycles. The van der Waals surface area contributed by atoms with E-state index in [1.807, 2.05) is 96.9 Å². The average molecular weight is 550 g/mol. The van der Waals surface area contributed by atoms with Gasteiger partial charge in [-0.05, 0) is 42.2 Å². The summed E-state index contributed by atoms with van der Waals surface area (Å²) in [5.41, 5.74) is 1.62. The summed E-state index contributed by atoms with van der Waals surface area (Å²) in [6, 6.07) is 27.5. The van der Waals surface area contributed by atoms with Crippen LogP contribution in [0.3, 0.4) is 0 Å². The Bertz CT molecular complexity index is 1160. The quantitative estimate of drug-likeness (QED) is 0.343. The van der Waals surface area contributed by atoms with Gasteiger partial charge in [0, 0.05) is 43.0 Å². The van der Waals surface area contributed by atoms with Crippen molar-refractivity contribution in [2.24, 2.45) is 5.41 Å². The van der Waals surface area contributed by atoms with E-state index in [4.69, 9.17) is 4.74 Å². The lowest BCUT2D eigenvalue weighted by molar-refractivity contribution is -0.140. The first-order chi connectivity index (χ1) is 17.4. The number of hydrogen-bond acceptors (Lipinski definition) is 3. The summed E-state index contributed by atoms with van der Waals surface area (Å²) < 4.78 is 7.13. The maximum atomic E-state index is 13.4. The highest BCUT2D eigenvalue weighted by Crippen LogP contribution is 2.36. The fourth-order valence-electron chi connectivity index (χ4n) is 4.80. The number of halogens is 1. The Morgan fingerprint density at radius 3 is 2.36 bits per heavy atom. The molecule has 6 heteroatoms. The number of ether oxygens (including phenoxy) is 1. The van der Waals surface area contributed by atoms with E-state index in [2.05, 4.69) is 15.9 Å². The van der Waals surface area contributed by atoms with E-state index in [1.54, 1.807) is 4.90 Å². The molecule has 0 spiro atoms. The van der Waals surface area contributed by atoms with E-state index in [0.29, 0.717) is 39.1 Å². The van der Waals surface area contributed by atoms with E-state index < -0.39 is 5.41 Å². The van der Waals surface area contributed by atoms with Crippen molar-refractivity contribution >= 4 is 27.7 Å². The SMILES string of the molecule is CN(Cc1ccccc1)C(=O)C[C@]1(COc2ccccc2)CCCN(C(=O)Cc2ccccc2Br)C1. The minimum Gasteiger partial charge on any atom is -0.493 e. The van der Waals surface area contributed by atoms with Crippen LogP contribution in [0.25, 0.3) is 0 Å². The Kier molecular flexibility index (Phi) is 8.81. The van der Waals surface area contributed by atoms with Gasteiger partial charge in [-0.15, -0.1) is 0 Å². The fraction of sp³-hybridized carbons (Fsp3) is 0.333. The predicted octanol–water partition coefficient (Wildman–Crippen LogP) is 5.73. The van der Waals surface area contributed by atoms with Gasteiger partial charge in [-0.3, -0.25) is 9.59 Å². The molecule has 0 unspecified atom stereocenters. The van der Waals surface area contributed by atoms with Crippen LogP contribution in [0.5, 0.6) is 5.75 Å². The predicted molar refractivity (Wildman–Crippen MR) is 146 cm³/mol. The van der Waals surface area contributed by atoms with Gasteiger partial charge in [-0.25, -0.2) is 0 Å². The Morgan fingerprint density at radius 2 is 1.64 bits per heavy atom. The summed E-state index contributed by atoms with van der Waals surface area (Å²) in [4.78, 5) is 30.4. The summed E-state index contributed by atoms with van der Waals surface area (Å²) in [7, 11) is 1.85. The molecular weight excluding hydrogens is 516 g/mol. The third kappa shape index (κ3) is 6.97. The van der Waals surface area contributed by atoms with Crippen LogP contribution < -0.4 is 4.74 Å². The number of carbonyl (C=O) groups excluding carboxylic acids is 2. The number of rotatable bonds is 9. The van der Waals surface area contributed by atoms with Crippen molar-refractivity contribution in [2.45, 2.75) is 32.2 Å². The van der Waals surface area contributed by atoms with Gasteiger partial charge in [0.2, 0.25) is 11.8 Å². The lowest BCUT2D eigenvalue weighted by Gasteiger charge is -2.43. The van der Waals surface area contributed by atoms with E-state index in [9.17, 15) is 9.59 Å². The molecule has 1 saturated heterocycles. The number of para-hydroxylation sites is 1. The minimum atomic E-state index is -0.445. The minimum absolute atomic E-state index is 0.0654. The van der Waals surface area contributed by atoms with E-state index in [1.165, 1.54) is 0 Å². The Hall–Kier alpha value is -3.12. The molecule has 0 radical (unpaired) electrons. The van der Waals surface area contributed by atoms with Crippen LogP contribution in [0, 0.1) is 5.41 Å². The van der Waals surface area contributed by atoms with Crippen molar-refractivity contribution in [3.8, 4) is 5.75 Å². The van der Waals surface area contributed by atoms with Crippen LogP contribution in [0.15, 0.2) is 89.4 Å². The third-order valence-corrected chi connectivity index (χ3v) is 7.59. The van der Waals surface area contributed by atoms with Gasteiger partial charge in [0.15, 0.2) is 0 Å². The van der Waals surface area contributed by atoms with Gasteiger partial charge in [0.25, 0.3) is 0 Å². The summed E-state index contributed by atoms with van der Waals surface area (Å²) in [5.74, 6) is 0.921. The summed E-state index contributed by atoms with van der Waals surface area (Å²) in [5, 5.41) is 0. The van der Waals surface area contributed by atoms with Crippen LogP contribution in [-0.2, 0) is 22.6 Å². The van der Waals surface area contributed by atoms with Crippen LogP contribution in [-0.4, -0.2) is 48.4 Å². The number of benzene rings is 3. The average Bonchev–Trinajstić information content (AvgIpc) is 2.90. The second-order valence-corrected chi connectivity index (χ2v) is 10.6. The van der Waals surface area contributed by atoms with E-state index in [-0.39, 0.29) is 11.8 Å². The number of likely N-dealkylation sites (tertiary alicyclic amines) is 1. The maximum Gasteiger partial charge on any atom is 0.227 e. The van der Waals surface area contributed by atoms with E-state index >= 15 is 0 Å². The van der Waals surface area contributed by atoms with Gasteiger partial charge in [-0.2, -0.15) is 0 Å². The molecule has 188 valence electrons. The van der Waals surface area contributed by atoms with Gasteiger partial charge in [0.05, 0.1) is 13.0 Å². The first-order valence-corrected chi connectivity index (χ1v) is 13.2. The highest BCUT2D eigenvalue weighted by atomic mass is 79.9. The molecule has 36 heavy (non-hydrogen) atoms. The van der Waals surface area contributed by atoms with Gasteiger partial charge in [0.1, 0.15) is 5.75 Å². The molecule has 3 aromatic carbocycles. The summed E-state index contributed by atoms with van der Waals surface area (Å²) in [6.45, 7) is 2.15. The zero-order valence-electron chi connectivity index (χ0n) is 20.7. The number of piperidine rings is 1. The van der Waals surface area contributed by atoms with Crippen molar-refractivity contribution < 1.29 is 14.3 Å². The highest BCUT2D eigenvalue weighted by Gasteiger charge is 2.40. The summed E-state index contributed by atoms with van der Waals surface area (Å²) in [6.07, 6.45) is 2.35. The first kappa shape index (κ1) is 26.0. The normalized spacial score (nSPS) is 17.4. The highest BCUT2D eigenvalue weighted by molar-refractivity contribution is 9.10. The van der Waals surface area contributed by atoms with Crippen molar-refractivity contribution in [2.75, 3.05) is 26.7 Å². The summed E-state index contributed by atoms with van der Waals surface area (Å²) >= 11 is 3.56. The number of hydrogen-bond donors (Lipinski definition) is 0. The fourth-order valence-corrected chi connectivity index (χ4v) is 5.23. The zero-order chi connectivity index (χ0) is 25.4. The van der Waals surface area contributed by atoms with Crippen LogP contribution in [0.4, 0.5) is 0 Å². The lowest BCUT2D eigenvalue weighted by Crippen LogP contribution is -2.51. The zero-order valence-corrected chi connectivity index (χ0v) is 22.3. The lowest BCUT2D eigenvalue weighted by atomic mass is 9.77. The molecule has 0 aliphatic carbocycles. The van der Waals surface area contributed by atoms with Crippen molar-refractivity contribution in [3.63, 3.8) is 0 Å². The molecule has 1 aliphatic rings. The van der Waals surface area contributed by atoms with Gasteiger partial charge in [-0.1, -0.05) is 82.7 Å². The van der Waals surface area contributed by atoms with Gasteiger partial charge >= 0.3 is 0 Å². The second kappa shape index (κ2) is 12.2. The molecular formula is C30H33BrN2O3. The first-order valence-electron chi connectivity index (χ1n) is 12.4. The van der Waals surface area contributed by atoms with Crippen LogP contribution in [0.2, 0.25) is 0 Å². The Labute approximate surface area is 222 Å². The molecule has 1 aliphatic heterocycles. The topological polar surface area (TPSA) is 49.9 Å². The molecule has 2 amide bonds. The van der Waals surface area contributed by atoms with Crippen LogP contribution in [0.1, 0.15) is 30.4 Å². The van der Waals surface area contributed by atoms with Gasteiger partial charge < -0.3 is 14.5 Å². The maximum absolute atomic E-state index is 13.4. The molecule has 0 saturated carbocycles. The molecule has 0 aromatic heterocycles. The molecule has 4 rings (SSSR count).